The highest BCUT2D eigenvalue weighted by Gasteiger charge is 2.16. The minimum absolute atomic E-state index is 0.980. The number of nitrogens with zero attached hydrogens (tertiary/aromatic N) is 2. The predicted octanol–water partition coefficient (Wildman–Crippen LogP) is 4.61. The van der Waals surface area contributed by atoms with Crippen LogP contribution in [0.4, 0.5) is 0 Å². The van der Waals surface area contributed by atoms with Crippen molar-refractivity contribution in [3.05, 3.63) is 53.8 Å². The van der Waals surface area contributed by atoms with E-state index in [4.69, 9.17) is 0 Å². The fourth-order valence-corrected chi connectivity index (χ4v) is 3.29. The molecular weight excluding hydrogens is 252 g/mol. The normalized spacial score (nSPS) is 10.8. The molecule has 0 radical (unpaired) electrons. The average Bonchev–Trinajstić information content (AvgIpc) is 3.06. The van der Waals surface area contributed by atoms with Crippen LogP contribution in [-0.2, 0) is 6.54 Å². The Kier molecular flexibility index (Phi) is 3.22. The Morgan fingerprint density at radius 3 is 2.79 bits per heavy atom. The molecule has 0 atom stereocenters. The predicted molar refractivity (Wildman–Crippen MR) is 81.4 cm³/mol. The van der Waals surface area contributed by atoms with Gasteiger partial charge >= 0.3 is 0 Å². The fraction of sp³-hybridized carbons (Fsp3) is 0.188. The first-order valence-electron chi connectivity index (χ1n) is 6.45. The Balaban J connectivity index is 2.27. The van der Waals surface area contributed by atoms with Gasteiger partial charge in [-0.15, -0.1) is 11.3 Å². The van der Waals surface area contributed by atoms with E-state index in [1.54, 1.807) is 11.3 Å². The van der Waals surface area contributed by atoms with E-state index in [0.717, 1.165) is 6.54 Å². The molecule has 0 saturated heterocycles. The van der Waals surface area contributed by atoms with Crippen LogP contribution < -0.4 is 0 Å². The number of aryl methyl sites for hydroxylation is 2. The van der Waals surface area contributed by atoms with Crippen LogP contribution in [0.25, 0.3) is 21.7 Å². The third kappa shape index (κ3) is 2.10. The number of hydrogen-bond acceptors (Lipinski definition) is 2. The lowest BCUT2D eigenvalue weighted by atomic mass is 10.0. The standard InChI is InChI=1S/C16H16N2S/c1-3-18-11-12(2)15(13-6-4-8-17-10-13)16(18)14-7-5-9-19-14/h4-11H,3H2,1-2H3. The second-order valence-corrected chi connectivity index (χ2v) is 5.49. The van der Waals surface area contributed by atoms with Crippen molar-refractivity contribution in [2.45, 2.75) is 20.4 Å². The van der Waals surface area contributed by atoms with Crippen molar-refractivity contribution in [1.29, 1.82) is 0 Å². The zero-order valence-corrected chi connectivity index (χ0v) is 11.9. The van der Waals surface area contributed by atoms with Crippen LogP contribution >= 0.6 is 11.3 Å². The summed E-state index contributed by atoms with van der Waals surface area (Å²) < 4.78 is 2.32. The lowest BCUT2D eigenvalue weighted by Gasteiger charge is -2.08. The summed E-state index contributed by atoms with van der Waals surface area (Å²) in [5, 5.41) is 2.13. The molecule has 0 N–H and O–H groups in total. The van der Waals surface area contributed by atoms with Gasteiger partial charge in [0, 0.05) is 36.3 Å². The first-order chi connectivity index (χ1) is 9.31. The lowest BCUT2D eigenvalue weighted by molar-refractivity contribution is 0.777. The molecule has 0 fully saturated rings. The summed E-state index contributed by atoms with van der Waals surface area (Å²) in [4.78, 5) is 5.57. The molecule has 3 aromatic heterocycles. The van der Waals surface area contributed by atoms with Gasteiger partial charge in [-0.05, 0) is 36.9 Å². The quantitative estimate of drug-likeness (QED) is 0.678. The third-order valence-corrected chi connectivity index (χ3v) is 4.19. The van der Waals surface area contributed by atoms with Gasteiger partial charge in [0.1, 0.15) is 0 Å². The van der Waals surface area contributed by atoms with Crippen LogP contribution in [0.15, 0.2) is 48.2 Å². The van der Waals surface area contributed by atoms with Gasteiger partial charge in [-0.2, -0.15) is 0 Å². The molecule has 0 spiro atoms. The molecule has 3 rings (SSSR count). The summed E-state index contributed by atoms with van der Waals surface area (Å²) in [6, 6.07) is 8.42. The summed E-state index contributed by atoms with van der Waals surface area (Å²) in [6.45, 7) is 5.34. The van der Waals surface area contributed by atoms with Crippen molar-refractivity contribution in [2.24, 2.45) is 0 Å². The molecule has 0 amide bonds. The van der Waals surface area contributed by atoms with Crippen molar-refractivity contribution in [1.82, 2.24) is 9.55 Å². The van der Waals surface area contributed by atoms with Crippen molar-refractivity contribution in [3.63, 3.8) is 0 Å². The van der Waals surface area contributed by atoms with Crippen LogP contribution in [-0.4, -0.2) is 9.55 Å². The molecule has 3 aromatic rings. The molecule has 0 aromatic carbocycles. The first-order valence-corrected chi connectivity index (χ1v) is 7.33. The molecular formula is C16H16N2S. The second kappa shape index (κ2) is 5.02. The SMILES string of the molecule is CCn1cc(C)c(-c2cccnc2)c1-c1cccs1. The molecule has 0 aliphatic carbocycles. The summed E-state index contributed by atoms with van der Waals surface area (Å²) in [5.41, 5.74) is 5.11. The molecule has 2 nitrogen and oxygen atoms in total. The Labute approximate surface area is 117 Å². The highest BCUT2D eigenvalue weighted by Crippen LogP contribution is 2.38. The summed E-state index contributed by atoms with van der Waals surface area (Å²) in [5.74, 6) is 0. The van der Waals surface area contributed by atoms with E-state index in [-0.39, 0.29) is 0 Å². The summed E-state index contributed by atoms with van der Waals surface area (Å²) in [6.07, 6.45) is 6.00. The molecule has 3 heteroatoms. The van der Waals surface area contributed by atoms with Crippen molar-refractivity contribution in [3.8, 4) is 21.7 Å². The van der Waals surface area contributed by atoms with Crippen LogP contribution in [0.2, 0.25) is 0 Å². The van der Waals surface area contributed by atoms with E-state index in [1.807, 2.05) is 18.5 Å². The third-order valence-electron chi connectivity index (χ3n) is 3.31. The van der Waals surface area contributed by atoms with E-state index in [2.05, 4.69) is 53.2 Å². The zero-order chi connectivity index (χ0) is 13.2. The van der Waals surface area contributed by atoms with Gasteiger partial charge in [0.25, 0.3) is 0 Å². The topological polar surface area (TPSA) is 17.8 Å². The van der Waals surface area contributed by atoms with E-state index in [1.165, 1.54) is 27.3 Å². The zero-order valence-electron chi connectivity index (χ0n) is 11.1. The molecule has 0 aliphatic heterocycles. The first kappa shape index (κ1) is 12.2. The minimum Gasteiger partial charge on any atom is -0.346 e. The van der Waals surface area contributed by atoms with Crippen molar-refractivity contribution >= 4 is 11.3 Å². The van der Waals surface area contributed by atoms with E-state index < -0.39 is 0 Å². The van der Waals surface area contributed by atoms with E-state index in [0.29, 0.717) is 0 Å². The maximum absolute atomic E-state index is 4.25. The molecule has 96 valence electrons. The number of hydrogen-bond donors (Lipinski definition) is 0. The van der Waals surface area contributed by atoms with Gasteiger partial charge in [0.05, 0.1) is 10.6 Å². The van der Waals surface area contributed by atoms with Crippen LogP contribution in [0, 0.1) is 6.92 Å². The molecule has 0 bridgehead atoms. The van der Waals surface area contributed by atoms with Crippen LogP contribution in [0.3, 0.4) is 0 Å². The number of pyridine rings is 1. The Hall–Kier alpha value is -1.87. The molecule has 19 heavy (non-hydrogen) atoms. The number of aromatic nitrogens is 2. The number of rotatable bonds is 3. The minimum atomic E-state index is 0.980. The van der Waals surface area contributed by atoms with Gasteiger partial charge in [0.2, 0.25) is 0 Å². The number of thiophene rings is 1. The highest BCUT2D eigenvalue weighted by molar-refractivity contribution is 7.13. The Morgan fingerprint density at radius 1 is 1.26 bits per heavy atom. The van der Waals surface area contributed by atoms with Crippen LogP contribution in [0.5, 0.6) is 0 Å². The lowest BCUT2D eigenvalue weighted by Crippen LogP contribution is -1.94. The maximum atomic E-state index is 4.25. The summed E-state index contributed by atoms with van der Waals surface area (Å²) >= 11 is 1.79. The summed E-state index contributed by atoms with van der Waals surface area (Å²) in [7, 11) is 0. The Bertz CT molecular complexity index is 666. The van der Waals surface area contributed by atoms with Gasteiger partial charge in [-0.3, -0.25) is 4.98 Å². The van der Waals surface area contributed by atoms with Gasteiger partial charge in [0.15, 0.2) is 0 Å². The molecule has 0 saturated carbocycles. The van der Waals surface area contributed by atoms with Crippen molar-refractivity contribution < 1.29 is 0 Å². The molecule has 0 unspecified atom stereocenters. The maximum Gasteiger partial charge on any atom is 0.0664 e. The Morgan fingerprint density at radius 2 is 2.16 bits per heavy atom. The molecule has 0 aliphatic rings. The van der Waals surface area contributed by atoms with Gasteiger partial charge < -0.3 is 4.57 Å². The van der Waals surface area contributed by atoms with Crippen molar-refractivity contribution in [2.75, 3.05) is 0 Å². The van der Waals surface area contributed by atoms with E-state index >= 15 is 0 Å². The molecule has 3 heterocycles. The monoisotopic (exact) mass is 268 g/mol. The smallest absolute Gasteiger partial charge is 0.0664 e. The largest absolute Gasteiger partial charge is 0.346 e. The van der Waals surface area contributed by atoms with Gasteiger partial charge in [-0.25, -0.2) is 0 Å². The van der Waals surface area contributed by atoms with E-state index in [9.17, 15) is 0 Å². The second-order valence-electron chi connectivity index (χ2n) is 4.54. The van der Waals surface area contributed by atoms with Gasteiger partial charge in [-0.1, -0.05) is 12.1 Å². The van der Waals surface area contributed by atoms with Crippen LogP contribution in [0.1, 0.15) is 12.5 Å². The fourth-order valence-electron chi connectivity index (χ4n) is 2.50. The average molecular weight is 268 g/mol. The highest BCUT2D eigenvalue weighted by atomic mass is 32.1.